The first kappa shape index (κ1) is 17.6. The van der Waals surface area contributed by atoms with Gasteiger partial charge in [-0.2, -0.15) is 0 Å². The van der Waals surface area contributed by atoms with Crippen LogP contribution in [0, 0.1) is 0 Å². The molecule has 126 valence electrons. The molecule has 0 N–H and O–H groups in total. The summed E-state index contributed by atoms with van der Waals surface area (Å²) in [4.78, 5) is 11.6. The maximum Gasteiger partial charge on any atom is 0.513 e. The maximum absolute atomic E-state index is 11.6. The molecule has 3 nitrogen and oxygen atoms in total. The summed E-state index contributed by atoms with van der Waals surface area (Å²) in [5.74, 6) is 1.28. The Hall–Kier alpha value is -1.77. The van der Waals surface area contributed by atoms with E-state index in [1.165, 1.54) is 17.5 Å². The van der Waals surface area contributed by atoms with E-state index < -0.39 is 6.16 Å². The van der Waals surface area contributed by atoms with Gasteiger partial charge in [0.05, 0.1) is 6.61 Å². The lowest BCUT2D eigenvalue weighted by atomic mass is 9.86. The zero-order valence-corrected chi connectivity index (χ0v) is 14.3. The quantitative estimate of drug-likeness (QED) is 0.475. The Morgan fingerprint density at radius 2 is 1.96 bits per heavy atom. The molecule has 2 rings (SSSR count). The molecule has 1 aromatic rings. The van der Waals surface area contributed by atoms with Gasteiger partial charge in [0.15, 0.2) is 0 Å². The number of hydrogen-bond donors (Lipinski definition) is 0. The minimum absolute atomic E-state index is 0.440. The highest BCUT2D eigenvalue weighted by molar-refractivity contribution is 5.61. The summed E-state index contributed by atoms with van der Waals surface area (Å²) in [6, 6.07) is 8.96. The minimum atomic E-state index is -0.563. The highest BCUT2D eigenvalue weighted by Gasteiger charge is 2.19. The molecular weight excluding hydrogens is 288 g/mol. The number of carbonyl (C=O) groups is 1. The number of carbonyl (C=O) groups excluding carboxylic acids is 1. The van der Waals surface area contributed by atoms with E-state index in [2.05, 4.69) is 38.1 Å². The second-order valence-electron chi connectivity index (χ2n) is 6.19. The van der Waals surface area contributed by atoms with Crippen LogP contribution in [0.3, 0.4) is 0 Å². The monoisotopic (exact) mass is 316 g/mol. The van der Waals surface area contributed by atoms with Crippen LogP contribution in [-0.2, 0) is 15.9 Å². The van der Waals surface area contributed by atoms with E-state index in [0.29, 0.717) is 12.5 Å². The zero-order chi connectivity index (χ0) is 16.5. The fourth-order valence-electron chi connectivity index (χ4n) is 2.89. The van der Waals surface area contributed by atoms with E-state index in [-0.39, 0.29) is 0 Å². The van der Waals surface area contributed by atoms with Gasteiger partial charge in [0.1, 0.15) is 5.76 Å². The largest absolute Gasteiger partial charge is 0.513 e. The average molecular weight is 316 g/mol. The summed E-state index contributed by atoms with van der Waals surface area (Å²) in [7, 11) is 0. The molecule has 1 atom stereocenters. The number of hydrogen-bond acceptors (Lipinski definition) is 3. The molecular formula is C20H28O3. The Morgan fingerprint density at radius 3 is 2.57 bits per heavy atom. The van der Waals surface area contributed by atoms with E-state index in [0.717, 1.165) is 44.3 Å². The van der Waals surface area contributed by atoms with Crippen molar-refractivity contribution in [2.45, 2.75) is 64.7 Å². The lowest BCUT2D eigenvalue weighted by molar-refractivity contribution is 0.0726. The number of allylic oxidation sites excluding steroid dienone is 2. The van der Waals surface area contributed by atoms with Crippen molar-refractivity contribution in [1.29, 1.82) is 0 Å². The van der Waals surface area contributed by atoms with Crippen molar-refractivity contribution in [3.05, 3.63) is 47.2 Å². The van der Waals surface area contributed by atoms with Gasteiger partial charge in [-0.15, -0.1) is 0 Å². The third-order valence-corrected chi connectivity index (χ3v) is 4.29. The Balaban J connectivity index is 1.81. The molecule has 0 saturated heterocycles. The van der Waals surface area contributed by atoms with Crippen molar-refractivity contribution in [1.82, 2.24) is 0 Å². The number of aryl methyl sites for hydroxylation is 1. The molecule has 1 aliphatic rings. The smallest absolute Gasteiger partial charge is 0.434 e. The van der Waals surface area contributed by atoms with E-state index >= 15 is 0 Å². The molecule has 1 aliphatic carbocycles. The third kappa shape index (κ3) is 5.74. The molecule has 0 aromatic heterocycles. The van der Waals surface area contributed by atoms with Gasteiger partial charge in [0.2, 0.25) is 0 Å². The van der Waals surface area contributed by atoms with Gasteiger partial charge >= 0.3 is 6.16 Å². The highest BCUT2D eigenvalue weighted by atomic mass is 16.7. The number of benzene rings is 1. The van der Waals surface area contributed by atoms with Gasteiger partial charge in [-0.05, 0) is 48.8 Å². The molecule has 0 heterocycles. The number of rotatable bonds is 7. The van der Waals surface area contributed by atoms with Crippen LogP contribution in [0.4, 0.5) is 4.79 Å². The van der Waals surface area contributed by atoms with Crippen LogP contribution < -0.4 is 0 Å². The summed E-state index contributed by atoms with van der Waals surface area (Å²) >= 11 is 0. The van der Waals surface area contributed by atoms with Crippen molar-refractivity contribution in [3.8, 4) is 0 Å². The van der Waals surface area contributed by atoms with E-state index in [9.17, 15) is 4.79 Å². The second-order valence-corrected chi connectivity index (χ2v) is 6.19. The molecule has 0 amide bonds. The Kier molecular flexibility index (Phi) is 7.18. The van der Waals surface area contributed by atoms with Crippen LogP contribution >= 0.6 is 0 Å². The van der Waals surface area contributed by atoms with Gasteiger partial charge in [0, 0.05) is 6.42 Å². The van der Waals surface area contributed by atoms with Crippen LogP contribution in [0.5, 0.6) is 0 Å². The average Bonchev–Trinajstić information content (AvgIpc) is 2.57. The van der Waals surface area contributed by atoms with Crippen LogP contribution in [0.15, 0.2) is 36.1 Å². The van der Waals surface area contributed by atoms with Crippen molar-refractivity contribution >= 4 is 6.16 Å². The summed E-state index contributed by atoms with van der Waals surface area (Å²) in [5.41, 5.74) is 2.78. The van der Waals surface area contributed by atoms with Gasteiger partial charge in [-0.1, -0.05) is 51.0 Å². The van der Waals surface area contributed by atoms with Gasteiger partial charge in [-0.3, -0.25) is 0 Å². The summed E-state index contributed by atoms with van der Waals surface area (Å²) in [6.45, 7) is 4.71. The highest BCUT2D eigenvalue weighted by Crippen LogP contribution is 2.32. The fraction of sp³-hybridized carbons (Fsp3) is 0.550. The lowest BCUT2D eigenvalue weighted by Gasteiger charge is -2.22. The Morgan fingerprint density at radius 1 is 1.17 bits per heavy atom. The van der Waals surface area contributed by atoms with Gasteiger partial charge in [-0.25, -0.2) is 4.79 Å². The van der Waals surface area contributed by atoms with Crippen molar-refractivity contribution in [2.75, 3.05) is 6.61 Å². The van der Waals surface area contributed by atoms with E-state index in [1.807, 2.05) is 6.08 Å². The van der Waals surface area contributed by atoms with Crippen molar-refractivity contribution < 1.29 is 14.3 Å². The van der Waals surface area contributed by atoms with E-state index in [4.69, 9.17) is 9.47 Å². The Bertz CT molecular complexity index is 516. The van der Waals surface area contributed by atoms with Crippen molar-refractivity contribution in [2.24, 2.45) is 0 Å². The van der Waals surface area contributed by atoms with Crippen LogP contribution in [0.25, 0.3) is 0 Å². The molecule has 0 bridgehead atoms. The third-order valence-electron chi connectivity index (χ3n) is 4.29. The first-order valence-electron chi connectivity index (χ1n) is 8.85. The van der Waals surface area contributed by atoms with Crippen LogP contribution in [0.1, 0.15) is 69.4 Å². The molecule has 0 saturated carbocycles. The van der Waals surface area contributed by atoms with Crippen LogP contribution in [0.2, 0.25) is 0 Å². The SMILES string of the molecule is CCCCOC(=O)OC1=CCC(c2ccc(CCC)cc2)CC1. The van der Waals surface area contributed by atoms with Gasteiger partial charge in [0.25, 0.3) is 0 Å². The van der Waals surface area contributed by atoms with Crippen molar-refractivity contribution in [3.63, 3.8) is 0 Å². The normalized spacial score (nSPS) is 17.5. The van der Waals surface area contributed by atoms with Crippen LogP contribution in [-0.4, -0.2) is 12.8 Å². The van der Waals surface area contributed by atoms with Gasteiger partial charge < -0.3 is 9.47 Å². The predicted octanol–water partition coefficient (Wildman–Crippen LogP) is 5.74. The molecule has 0 radical (unpaired) electrons. The number of unbranched alkanes of at least 4 members (excludes halogenated alkanes) is 1. The topological polar surface area (TPSA) is 35.5 Å². The molecule has 0 aliphatic heterocycles. The maximum atomic E-state index is 11.6. The lowest BCUT2D eigenvalue weighted by Crippen LogP contribution is -2.12. The fourth-order valence-corrected chi connectivity index (χ4v) is 2.89. The molecule has 1 unspecified atom stereocenters. The molecule has 0 spiro atoms. The number of ether oxygens (including phenoxy) is 2. The molecule has 3 heteroatoms. The first-order valence-corrected chi connectivity index (χ1v) is 8.85. The Labute approximate surface area is 139 Å². The summed E-state index contributed by atoms with van der Waals surface area (Å²) in [5, 5.41) is 0. The standard InChI is InChI=1S/C20H28O3/c1-3-5-15-22-20(21)23-19-13-11-18(12-14-19)17-9-7-16(6-4-2)8-10-17/h7-10,13,18H,3-6,11-12,14-15H2,1-2H3. The first-order chi connectivity index (χ1) is 11.2. The summed E-state index contributed by atoms with van der Waals surface area (Å²) < 4.78 is 10.3. The predicted molar refractivity (Wildman–Crippen MR) is 92.5 cm³/mol. The zero-order valence-electron chi connectivity index (χ0n) is 14.3. The summed E-state index contributed by atoms with van der Waals surface area (Å²) in [6.07, 6.45) is 8.42. The minimum Gasteiger partial charge on any atom is -0.434 e. The molecule has 1 aromatic carbocycles. The molecule has 0 fully saturated rings. The molecule has 23 heavy (non-hydrogen) atoms. The van der Waals surface area contributed by atoms with E-state index in [1.54, 1.807) is 0 Å². The second kappa shape index (κ2) is 9.39.